The minimum atomic E-state index is -1.40. The molecule has 30 nitrogen and oxygen atoms in total. The lowest BCUT2D eigenvalue weighted by Gasteiger charge is -2.47. The maximum atomic E-state index is 10.6. The first-order valence-electron chi connectivity index (χ1n) is 28.8. The Labute approximate surface area is 484 Å². The summed E-state index contributed by atoms with van der Waals surface area (Å²) in [7, 11) is 0. The number of ether oxygens (including phenoxy) is 6. The average Bonchev–Trinajstić information content (AvgIpc) is 3.01. The monoisotopic (exact) mass is 1200 g/mol. The molecule has 0 aromatic heterocycles. The molecule has 33 atom stereocenters. The lowest BCUT2D eigenvalue weighted by Crippen LogP contribution is -2.68. The van der Waals surface area contributed by atoms with Crippen molar-refractivity contribution >= 4 is 0 Å². The van der Waals surface area contributed by atoms with E-state index in [0.29, 0.717) is 44.8 Å². The Morgan fingerprint density at radius 1 is 0.446 bits per heavy atom. The van der Waals surface area contributed by atoms with E-state index in [1.807, 2.05) is 51.1 Å². The van der Waals surface area contributed by atoms with Crippen LogP contribution in [-0.4, -0.2) is 291 Å². The molecule has 30 N–H and O–H groups in total. The van der Waals surface area contributed by atoms with E-state index in [0.717, 1.165) is 12.0 Å². The van der Waals surface area contributed by atoms with Gasteiger partial charge in [-0.15, -0.1) is 0 Å². The van der Waals surface area contributed by atoms with Crippen LogP contribution >= 0.6 is 0 Å². The van der Waals surface area contributed by atoms with Gasteiger partial charge in [0.05, 0.1) is 54.7 Å². The fourth-order valence-electron chi connectivity index (χ4n) is 11.2. The van der Waals surface area contributed by atoms with Crippen LogP contribution < -0.4 is 50.4 Å². The highest BCUT2D eigenvalue weighted by atomic mass is 16.7. The molecule has 0 spiro atoms. The van der Waals surface area contributed by atoms with Gasteiger partial charge in [-0.1, -0.05) is 51.1 Å². The van der Waals surface area contributed by atoms with E-state index in [-0.39, 0.29) is 12.1 Å². The van der Waals surface area contributed by atoms with Gasteiger partial charge in [0.15, 0.2) is 18.9 Å². The molecule has 3 saturated heterocycles. The zero-order chi connectivity index (χ0) is 62.1. The first kappa shape index (κ1) is 71.8. The lowest BCUT2D eigenvalue weighted by atomic mass is 9.83. The third-order valence-corrected chi connectivity index (χ3v) is 16.4. The fraction of sp³-hybridized carbons (Fsp3) is 0.887. The normalized spacial score (nSPS) is 46.2. The van der Waals surface area contributed by atoms with E-state index >= 15 is 0 Å². The molecule has 83 heavy (non-hydrogen) atoms. The second-order valence-electron chi connectivity index (χ2n) is 23.7. The number of aliphatic hydroxyl groups is 15. The third-order valence-electron chi connectivity index (χ3n) is 16.4. The highest BCUT2D eigenvalue weighted by Crippen LogP contribution is 2.32. The van der Waals surface area contributed by atoms with Gasteiger partial charge in [-0.25, -0.2) is 0 Å². The number of benzene rings is 1. The standard InChI is InChI=1S/C20H33N3O7.C17H35N3O7.C16H33N3O7/c1-9(24)18-17(28)15(26)13(22)20(29-18)30-19-11(21)7-12(14(25)16(19)27)23-8-10-5-3-2-4-6-10;1-6(2)5-20-9-4-8(18)16(13(24)11(9)22)27-17-10(19)12(23)14(25)15(26-17)7(3)21;1-3-4-19-8-5-7(17)15(12(23)10(8)21)26-16-9(18)11(22)13(24)14(25-16)6(2)20/h2-6,9,11-20,23-28H,7-8,21-22H2,1H3;6-17,20-25H,4-5,18-19H2,1-3H3;6-16,19-24H,3-5,17-18H2,1-2H3/t9-,11?,12-,13?,14?,15-,16-,17+,18?,19-,20-;7-,8?,9-,10?,11-,12-,13?,14+,15?,16-,17-;6-,7?,8-,9?,10-,11-,12?,13+,14?,15-,16-/m111/s1. The van der Waals surface area contributed by atoms with Gasteiger partial charge in [-0.3, -0.25) is 0 Å². The van der Waals surface area contributed by atoms with Gasteiger partial charge in [-0.2, -0.15) is 0 Å². The Balaban J connectivity index is 0.000000229. The van der Waals surface area contributed by atoms with E-state index in [9.17, 15) is 76.6 Å². The molecule has 6 fully saturated rings. The second kappa shape index (κ2) is 32.5. The zero-order valence-corrected chi connectivity index (χ0v) is 48.1. The molecule has 3 saturated carbocycles. The maximum absolute atomic E-state index is 10.6. The van der Waals surface area contributed by atoms with Crippen molar-refractivity contribution in [3.63, 3.8) is 0 Å². The first-order chi connectivity index (χ1) is 38.9. The van der Waals surface area contributed by atoms with Crippen molar-refractivity contribution in [3.05, 3.63) is 35.9 Å². The van der Waals surface area contributed by atoms with Gasteiger partial charge < -0.3 is 155 Å². The summed E-state index contributed by atoms with van der Waals surface area (Å²) < 4.78 is 33.7. The van der Waals surface area contributed by atoms with Gasteiger partial charge in [0.2, 0.25) is 0 Å². The molecular formula is C53H101N9O21. The number of nitrogens with one attached hydrogen (secondary N) is 3. The van der Waals surface area contributed by atoms with Crippen molar-refractivity contribution in [2.75, 3.05) is 13.1 Å². The van der Waals surface area contributed by atoms with Crippen LogP contribution in [0.2, 0.25) is 0 Å². The Morgan fingerprint density at radius 3 is 1.06 bits per heavy atom. The van der Waals surface area contributed by atoms with Crippen LogP contribution in [0.25, 0.3) is 0 Å². The SMILES string of the molecule is CC(C)CN[C@@H]1CC(N)[C@@H](O[C@H]2OC([C@@H](C)O)[C@@H](O)[C@H](O)C2N)C(O)[C@@H]1O.CCCN[C@@H]1CC(N)[C@@H](O[C@H]2OC([C@@H](C)O)[C@@H](O)[C@H](O)C2N)C(O)[C@@H]1O.C[C@@H](O)C1O[C@H](O[C@@H]2C(N)C[C@@H](NCc3ccccc3)C(O)[C@H]2O)C(N)[C@@H](O)[C@@H]1O. The van der Waals surface area contributed by atoms with Gasteiger partial charge in [0, 0.05) is 42.8 Å². The molecule has 7 rings (SSSR count). The molecule has 30 heteroatoms. The summed E-state index contributed by atoms with van der Waals surface area (Å²) in [5, 5.41) is 162. The molecule has 3 heterocycles. The minimum Gasteiger partial charge on any atom is -0.391 e. The Morgan fingerprint density at radius 2 is 0.759 bits per heavy atom. The Hall–Kier alpha value is -1.98. The minimum absolute atomic E-state index is 0.322. The quantitative estimate of drug-likeness (QED) is 0.0649. The van der Waals surface area contributed by atoms with Crippen LogP contribution in [0.3, 0.4) is 0 Å². The molecule has 484 valence electrons. The van der Waals surface area contributed by atoms with Crippen LogP contribution in [0, 0.1) is 5.92 Å². The summed E-state index contributed by atoms with van der Waals surface area (Å²) in [5.74, 6) is 0.374. The molecule has 6 aliphatic rings. The van der Waals surface area contributed by atoms with Crippen molar-refractivity contribution in [3.8, 4) is 0 Å². The van der Waals surface area contributed by atoms with Crippen LogP contribution in [0.15, 0.2) is 30.3 Å². The average molecular weight is 1200 g/mol. The van der Waals surface area contributed by atoms with Crippen LogP contribution in [0.1, 0.15) is 72.8 Å². The first-order valence-corrected chi connectivity index (χ1v) is 28.8. The van der Waals surface area contributed by atoms with Gasteiger partial charge in [0.1, 0.15) is 91.6 Å². The number of rotatable bonds is 18. The summed E-state index contributed by atoms with van der Waals surface area (Å²) in [6.45, 7) is 12.1. The third kappa shape index (κ3) is 18.1. The zero-order valence-electron chi connectivity index (χ0n) is 48.1. The largest absolute Gasteiger partial charge is 0.391 e. The van der Waals surface area contributed by atoms with E-state index < -0.39 is 189 Å². The Kier molecular flexibility index (Phi) is 28.1. The summed E-state index contributed by atoms with van der Waals surface area (Å²) in [4.78, 5) is 0. The van der Waals surface area contributed by atoms with E-state index in [2.05, 4.69) is 16.0 Å². The summed E-state index contributed by atoms with van der Waals surface area (Å²) in [5.41, 5.74) is 37.2. The van der Waals surface area contributed by atoms with Crippen molar-refractivity contribution in [1.29, 1.82) is 0 Å². The number of nitrogens with two attached hydrogens (primary N) is 6. The molecule has 1 aromatic carbocycles. The highest BCUT2D eigenvalue weighted by Gasteiger charge is 2.53. The van der Waals surface area contributed by atoms with Crippen molar-refractivity contribution < 1.29 is 105 Å². The smallest absolute Gasteiger partial charge is 0.176 e. The van der Waals surface area contributed by atoms with Crippen molar-refractivity contribution in [1.82, 2.24) is 16.0 Å². The predicted octanol–water partition coefficient (Wildman–Crippen LogP) is -9.92. The van der Waals surface area contributed by atoms with Crippen LogP contribution in [-0.2, 0) is 35.0 Å². The number of hydrogen-bond acceptors (Lipinski definition) is 30. The van der Waals surface area contributed by atoms with E-state index in [4.69, 9.17) is 62.8 Å². The fourth-order valence-corrected chi connectivity index (χ4v) is 11.2. The van der Waals surface area contributed by atoms with Gasteiger partial charge in [0.25, 0.3) is 0 Å². The van der Waals surface area contributed by atoms with E-state index in [1.165, 1.54) is 20.8 Å². The summed E-state index contributed by atoms with van der Waals surface area (Å²) in [6.07, 6.45) is -26.8. The highest BCUT2D eigenvalue weighted by molar-refractivity contribution is 5.15. The van der Waals surface area contributed by atoms with Gasteiger partial charge in [-0.05, 0) is 71.0 Å². The maximum Gasteiger partial charge on any atom is 0.176 e. The number of aliphatic hydroxyl groups excluding tert-OH is 15. The van der Waals surface area contributed by atoms with Crippen LogP contribution in [0.5, 0.6) is 0 Å². The summed E-state index contributed by atoms with van der Waals surface area (Å²) in [6, 6.07) is 3.24. The summed E-state index contributed by atoms with van der Waals surface area (Å²) >= 11 is 0. The van der Waals surface area contributed by atoms with Gasteiger partial charge >= 0.3 is 0 Å². The topological polar surface area (TPSA) is 551 Å². The predicted molar refractivity (Wildman–Crippen MR) is 295 cm³/mol. The van der Waals surface area contributed by atoms with Crippen molar-refractivity contribution in [2.24, 2.45) is 40.3 Å². The number of hydrogen-bond donors (Lipinski definition) is 24. The Bertz CT molecular complexity index is 2010. The molecule has 0 amide bonds. The van der Waals surface area contributed by atoms with E-state index in [1.54, 1.807) is 0 Å². The molecule has 3 aliphatic carbocycles. The molecule has 0 radical (unpaired) electrons. The van der Waals surface area contributed by atoms with Crippen LogP contribution in [0.4, 0.5) is 0 Å². The molecule has 1 aromatic rings. The molecule has 3 aliphatic heterocycles. The molecule has 12 unspecified atom stereocenters. The lowest BCUT2D eigenvalue weighted by molar-refractivity contribution is -0.301. The second-order valence-corrected chi connectivity index (χ2v) is 23.7. The molecular weight excluding hydrogens is 1100 g/mol. The molecule has 0 bridgehead atoms. The van der Waals surface area contributed by atoms with Crippen molar-refractivity contribution in [2.45, 2.75) is 275 Å².